The lowest BCUT2D eigenvalue weighted by atomic mass is 9.91. The Hall–Kier alpha value is -2.83. The molecule has 1 heterocycles. The summed E-state index contributed by atoms with van der Waals surface area (Å²) in [5, 5.41) is 9.51. The van der Waals surface area contributed by atoms with E-state index in [9.17, 15) is 9.59 Å². The molecule has 1 aliphatic rings. The van der Waals surface area contributed by atoms with Gasteiger partial charge >= 0.3 is 12.0 Å². The molecule has 0 unspecified atom stereocenters. The van der Waals surface area contributed by atoms with Crippen LogP contribution in [0, 0.1) is 13.8 Å². The zero-order valence-corrected chi connectivity index (χ0v) is 17.4. The summed E-state index contributed by atoms with van der Waals surface area (Å²) in [5.41, 5.74) is 4.68. The minimum Gasteiger partial charge on any atom is -0.466 e. The van der Waals surface area contributed by atoms with Crippen LogP contribution in [0.2, 0.25) is 5.02 Å². The maximum absolute atomic E-state index is 12.6. The second-order valence-electron chi connectivity index (χ2n) is 6.97. The topological polar surface area (TPSA) is 79.5 Å². The molecule has 1 atom stereocenters. The number of halogens is 1. The Bertz CT molecular complexity index is 972. The minimum absolute atomic E-state index is 0.282. The van der Waals surface area contributed by atoms with Crippen LogP contribution >= 0.6 is 11.6 Å². The first-order valence-electron chi connectivity index (χ1n) is 9.31. The predicted molar refractivity (Wildman–Crippen MR) is 113 cm³/mol. The maximum Gasteiger partial charge on any atom is 0.338 e. The smallest absolute Gasteiger partial charge is 0.338 e. The van der Waals surface area contributed by atoms with Crippen molar-refractivity contribution in [3.8, 4) is 0 Å². The molecule has 152 valence electrons. The highest BCUT2D eigenvalue weighted by atomic mass is 35.5. The van der Waals surface area contributed by atoms with Gasteiger partial charge in [-0.3, -0.25) is 0 Å². The van der Waals surface area contributed by atoms with E-state index in [1.54, 1.807) is 0 Å². The SMILES string of the molecule is COC(=O)C1=C(CNCc2ccccc2Cl)NC(=O)N[C@H]1c1cc(C)ccc1C. The summed E-state index contributed by atoms with van der Waals surface area (Å²) in [5.74, 6) is -0.488. The summed E-state index contributed by atoms with van der Waals surface area (Å²) < 4.78 is 5.02. The molecular formula is C22H24ClN3O3. The summed E-state index contributed by atoms with van der Waals surface area (Å²) in [4.78, 5) is 25.0. The molecule has 3 rings (SSSR count). The molecule has 7 heteroatoms. The van der Waals surface area contributed by atoms with Crippen molar-refractivity contribution < 1.29 is 14.3 Å². The van der Waals surface area contributed by atoms with Crippen LogP contribution in [0.5, 0.6) is 0 Å². The van der Waals surface area contributed by atoms with E-state index in [1.807, 2.05) is 56.3 Å². The van der Waals surface area contributed by atoms with Crippen LogP contribution in [0.4, 0.5) is 4.79 Å². The van der Waals surface area contributed by atoms with Crippen molar-refractivity contribution in [3.05, 3.63) is 81.0 Å². The largest absolute Gasteiger partial charge is 0.466 e. The fourth-order valence-corrected chi connectivity index (χ4v) is 3.58. The van der Waals surface area contributed by atoms with Gasteiger partial charge < -0.3 is 20.7 Å². The number of rotatable bonds is 6. The number of urea groups is 1. The van der Waals surface area contributed by atoms with Gasteiger partial charge in [-0.2, -0.15) is 0 Å². The molecule has 2 amide bonds. The summed E-state index contributed by atoms with van der Waals surface area (Å²) >= 11 is 6.20. The Morgan fingerprint density at radius 3 is 2.66 bits per heavy atom. The lowest BCUT2D eigenvalue weighted by Crippen LogP contribution is -2.48. The van der Waals surface area contributed by atoms with E-state index in [2.05, 4.69) is 16.0 Å². The molecule has 0 fully saturated rings. The number of aryl methyl sites for hydroxylation is 2. The highest BCUT2D eigenvalue weighted by Gasteiger charge is 2.34. The summed E-state index contributed by atoms with van der Waals surface area (Å²) in [6.07, 6.45) is 0. The average molecular weight is 414 g/mol. The Morgan fingerprint density at radius 1 is 1.17 bits per heavy atom. The summed E-state index contributed by atoms with van der Waals surface area (Å²) in [6.45, 7) is 4.70. The number of amides is 2. The lowest BCUT2D eigenvalue weighted by molar-refractivity contribution is -0.136. The van der Waals surface area contributed by atoms with Crippen LogP contribution in [0.25, 0.3) is 0 Å². The van der Waals surface area contributed by atoms with E-state index in [0.717, 1.165) is 22.3 Å². The van der Waals surface area contributed by atoms with Gasteiger partial charge in [-0.15, -0.1) is 0 Å². The second kappa shape index (κ2) is 9.11. The predicted octanol–water partition coefficient (Wildman–Crippen LogP) is 3.53. The third kappa shape index (κ3) is 4.78. The number of nitrogens with one attached hydrogen (secondary N) is 3. The van der Waals surface area contributed by atoms with Crippen molar-refractivity contribution in [2.45, 2.75) is 26.4 Å². The van der Waals surface area contributed by atoms with Gasteiger partial charge in [0.05, 0.1) is 18.7 Å². The second-order valence-corrected chi connectivity index (χ2v) is 7.38. The quantitative estimate of drug-likeness (QED) is 0.633. The molecular weight excluding hydrogens is 390 g/mol. The fourth-order valence-electron chi connectivity index (χ4n) is 3.38. The van der Waals surface area contributed by atoms with Crippen molar-refractivity contribution in [2.24, 2.45) is 0 Å². The molecule has 0 radical (unpaired) electrons. The van der Waals surface area contributed by atoms with Gasteiger partial charge in [-0.25, -0.2) is 9.59 Å². The molecule has 2 aromatic rings. The molecule has 6 nitrogen and oxygen atoms in total. The van der Waals surface area contributed by atoms with Crippen molar-refractivity contribution in [1.29, 1.82) is 0 Å². The molecule has 0 saturated carbocycles. The first-order valence-corrected chi connectivity index (χ1v) is 9.68. The van der Waals surface area contributed by atoms with E-state index >= 15 is 0 Å². The zero-order chi connectivity index (χ0) is 21.0. The van der Waals surface area contributed by atoms with Gasteiger partial charge in [0, 0.05) is 23.8 Å². The number of carbonyl (C=O) groups excluding carboxylic acids is 2. The first-order chi connectivity index (χ1) is 13.9. The third-order valence-corrected chi connectivity index (χ3v) is 5.25. The number of methoxy groups -OCH3 is 1. The molecule has 0 saturated heterocycles. The van der Waals surface area contributed by atoms with Gasteiger partial charge in [0.1, 0.15) is 0 Å². The Kier molecular flexibility index (Phi) is 6.56. The van der Waals surface area contributed by atoms with Gasteiger partial charge in [0.2, 0.25) is 0 Å². The van der Waals surface area contributed by atoms with Crippen LogP contribution in [0.1, 0.15) is 28.3 Å². The van der Waals surface area contributed by atoms with E-state index < -0.39 is 12.0 Å². The van der Waals surface area contributed by atoms with Gasteiger partial charge in [-0.1, -0.05) is 53.6 Å². The summed E-state index contributed by atoms with van der Waals surface area (Å²) in [6, 6.07) is 12.5. The molecule has 1 aliphatic heterocycles. The molecule has 29 heavy (non-hydrogen) atoms. The Balaban J connectivity index is 1.92. The van der Waals surface area contributed by atoms with Gasteiger partial charge in [-0.05, 0) is 36.6 Å². The molecule has 0 aromatic heterocycles. The Morgan fingerprint density at radius 2 is 1.93 bits per heavy atom. The number of esters is 1. The highest BCUT2D eigenvalue weighted by molar-refractivity contribution is 6.31. The van der Waals surface area contributed by atoms with E-state index in [4.69, 9.17) is 16.3 Å². The van der Waals surface area contributed by atoms with E-state index in [1.165, 1.54) is 7.11 Å². The number of benzene rings is 2. The molecule has 2 aromatic carbocycles. The zero-order valence-electron chi connectivity index (χ0n) is 16.6. The van der Waals surface area contributed by atoms with Crippen LogP contribution in [0.3, 0.4) is 0 Å². The number of hydrogen-bond acceptors (Lipinski definition) is 4. The third-order valence-electron chi connectivity index (χ3n) is 4.88. The highest BCUT2D eigenvalue weighted by Crippen LogP contribution is 2.30. The van der Waals surface area contributed by atoms with E-state index in [-0.39, 0.29) is 12.6 Å². The van der Waals surface area contributed by atoms with E-state index in [0.29, 0.717) is 22.8 Å². The Labute approximate surface area is 175 Å². The summed E-state index contributed by atoms with van der Waals surface area (Å²) in [7, 11) is 1.33. The molecule has 0 spiro atoms. The molecule has 0 bridgehead atoms. The molecule has 3 N–H and O–H groups in total. The van der Waals surface area contributed by atoms with Gasteiger partial charge in [0.25, 0.3) is 0 Å². The lowest BCUT2D eigenvalue weighted by Gasteiger charge is -2.30. The molecule has 0 aliphatic carbocycles. The van der Waals surface area contributed by atoms with Crippen molar-refractivity contribution in [2.75, 3.05) is 13.7 Å². The standard InChI is InChI=1S/C22H24ClN3O3/c1-13-8-9-14(2)16(10-13)20-19(21(27)29-3)18(25-22(28)26-20)12-24-11-15-6-4-5-7-17(15)23/h4-10,20,24H,11-12H2,1-3H3,(H2,25,26,28)/t20-/m0/s1. The number of hydrogen-bond donors (Lipinski definition) is 3. The first kappa shape index (κ1) is 20.9. The van der Waals surface area contributed by atoms with Crippen LogP contribution in [-0.2, 0) is 16.1 Å². The van der Waals surface area contributed by atoms with Crippen molar-refractivity contribution in [3.63, 3.8) is 0 Å². The normalized spacial score (nSPS) is 16.3. The van der Waals surface area contributed by atoms with Crippen LogP contribution in [0.15, 0.2) is 53.7 Å². The van der Waals surface area contributed by atoms with Crippen LogP contribution < -0.4 is 16.0 Å². The van der Waals surface area contributed by atoms with Crippen molar-refractivity contribution >= 4 is 23.6 Å². The number of ether oxygens (including phenoxy) is 1. The monoisotopic (exact) mass is 413 g/mol. The van der Waals surface area contributed by atoms with Crippen LogP contribution in [-0.4, -0.2) is 25.7 Å². The number of carbonyl (C=O) groups is 2. The maximum atomic E-state index is 12.6. The van der Waals surface area contributed by atoms with Crippen molar-refractivity contribution in [1.82, 2.24) is 16.0 Å². The fraction of sp³-hybridized carbons (Fsp3) is 0.273. The average Bonchev–Trinajstić information content (AvgIpc) is 2.70. The minimum atomic E-state index is -0.590. The van der Waals surface area contributed by atoms with Gasteiger partial charge in [0.15, 0.2) is 0 Å².